The Morgan fingerprint density at radius 3 is 3.21 bits per heavy atom. The normalized spacial score (nSPS) is 26.7. The summed E-state index contributed by atoms with van der Waals surface area (Å²) >= 11 is 0. The van der Waals surface area contributed by atoms with E-state index in [4.69, 9.17) is 14.0 Å². The number of ether oxygens (including phenoxy) is 2. The maximum absolute atomic E-state index is 13.7. The Hall–Kier alpha value is -1.99. The van der Waals surface area contributed by atoms with Crippen molar-refractivity contribution in [3.8, 4) is 5.88 Å². The lowest BCUT2D eigenvalue weighted by atomic mass is 9.82. The monoisotopic (exact) mass is 333 g/mol. The molecule has 2 fully saturated rings. The van der Waals surface area contributed by atoms with Crippen molar-refractivity contribution in [3.05, 3.63) is 41.7 Å². The molecule has 0 amide bonds. The second-order valence-corrected chi connectivity index (χ2v) is 6.75. The van der Waals surface area contributed by atoms with Crippen LogP contribution in [-0.4, -0.2) is 48.0 Å². The lowest BCUT2D eigenvalue weighted by Crippen LogP contribution is -2.37. The van der Waals surface area contributed by atoms with Crippen molar-refractivity contribution >= 4 is 0 Å². The summed E-state index contributed by atoms with van der Waals surface area (Å²) in [5.74, 6) is 0.814. The van der Waals surface area contributed by atoms with Crippen LogP contribution in [0, 0.1) is 24.1 Å². The van der Waals surface area contributed by atoms with Crippen molar-refractivity contribution < 1.29 is 18.4 Å². The number of likely N-dealkylation sites (tertiary alicyclic amines) is 1. The van der Waals surface area contributed by atoms with E-state index in [2.05, 4.69) is 15.0 Å². The first-order valence-corrected chi connectivity index (χ1v) is 8.10. The van der Waals surface area contributed by atoms with Gasteiger partial charge < -0.3 is 14.0 Å². The molecule has 0 aliphatic carbocycles. The zero-order valence-corrected chi connectivity index (χ0v) is 13.6. The highest BCUT2D eigenvalue weighted by Crippen LogP contribution is 2.42. The Bertz CT molecular complexity index is 723. The average Bonchev–Trinajstić information content (AvgIpc) is 3.21. The molecule has 2 aliphatic rings. The lowest BCUT2D eigenvalue weighted by Gasteiger charge is -2.26. The number of halogens is 1. The molecule has 7 heteroatoms. The van der Waals surface area contributed by atoms with Crippen LogP contribution in [-0.2, 0) is 11.3 Å². The molecular weight excluding hydrogens is 313 g/mol. The Kier molecular flexibility index (Phi) is 3.97. The molecule has 6 nitrogen and oxygen atoms in total. The van der Waals surface area contributed by atoms with Gasteiger partial charge in [0.25, 0.3) is 0 Å². The second kappa shape index (κ2) is 6.14. The van der Waals surface area contributed by atoms with Gasteiger partial charge in [-0.2, -0.15) is 0 Å². The van der Waals surface area contributed by atoms with Crippen molar-refractivity contribution in [2.24, 2.45) is 11.3 Å². The number of aryl methyl sites for hydroxylation is 1. The molecule has 0 aromatic carbocycles. The first kappa shape index (κ1) is 15.5. The van der Waals surface area contributed by atoms with Gasteiger partial charge in [-0.25, -0.2) is 9.37 Å². The maximum Gasteiger partial charge on any atom is 0.250 e. The highest BCUT2D eigenvalue weighted by atomic mass is 19.1. The number of hydrogen-bond donors (Lipinski definition) is 0. The van der Waals surface area contributed by atoms with Crippen LogP contribution in [0.5, 0.6) is 5.88 Å². The first-order valence-electron chi connectivity index (χ1n) is 8.10. The van der Waals surface area contributed by atoms with Gasteiger partial charge in [-0.1, -0.05) is 5.16 Å². The fourth-order valence-electron chi connectivity index (χ4n) is 3.68. The van der Waals surface area contributed by atoms with Crippen LogP contribution in [0.4, 0.5) is 4.39 Å². The number of pyridine rings is 1. The van der Waals surface area contributed by atoms with Crippen LogP contribution >= 0.6 is 0 Å². The molecule has 24 heavy (non-hydrogen) atoms. The minimum absolute atomic E-state index is 0.0584. The van der Waals surface area contributed by atoms with Gasteiger partial charge in [-0.15, -0.1) is 0 Å². The first-order chi connectivity index (χ1) is 11.6. The van der Waals surface area contributed by atoms with Crippen LogP contribution in [0.1, 0.15) is 11.5 Å². The molecule has 0 saturated carbocycles. The van der Waals surface area contributed by atoms with Crippen molar-refractivity contribution in [1.82, 2.24) is 15.0 Å². The van der Waals surface area contributed by atoms with Crippen LogP contribution in [0.15, 0.2) is 28.9 Å². The highest BCUT2D eigenvalue weighted by Gasteiger charge is 2.51. The molecule has 2 aliphatic heterocycles. The summed E-state index contributed by atoms with van der Waals surface area (Å²) in [6.45, 7) is 6.12. The van der Waals surface area contributed by atoms with Gasteiger partial charge in [-0.05, 0) is 19.1 Å². The summed E-state index contributed by atoms with van der Waals surface area (Å²) in [6, 6.07) is 4.87. The van der Waals surface area contributed by atoms with Gasteiger partial charge in [-0.3, -0.25) is 4.90 Å². The molecule has 2 aromatic heterocycles. The van der Waals surface area contributed by atoms with E-state index in [0.717, 1.165) is 31.1 Å². The van der Waals surface area contributed by atoms with Gasteiger partial charge in [0, 0.05) is 43.2 Å². The zero-order chi connectivity index (χ0) is 16.6. The molecule has 0 unspecified atom stereocenters. The zero-order valence-electron chi connectivity index (χ0n) is 13.6. The highest BCUT2D eigenvalue weighted by molar-refractivity contribution is 5.14. The predicted molar refractivity (Wildman–Crippen MR) is 82.9 cm³/mol. The van der Waals surface area contributed by atoms with Gasteiger partial charge in [0.15, 0.2) is 5.82 Å². The fourth-order valence-corrected chi connectivity index (χ4v) is 3.68. The van der Waals surface area contributed by atoms with E-state index in [1.54, 1.807) is 6.07 Å². The summed E-state index contributed by atoms with van der Waals surface area (Å²) in [5.41, 5.74) is 0.808. The van der Waals surface area contributed by atoms with E-state index < -0.39 is 5.82 Å². The molecule has 0 spiro atoms. The lowest BCUT2D eigenvalue weighted by molar-refractivity contribution is 0.0858. The minimum atomic E-state index is -0.433. The van der Waals surface area contributed by atoms with E-state index in [9.17, 15) is 4.39 Å². The van der Waals surface area contributed by atoms with Crippen molar-refractivity contribution in [2.75, 3.05) is 32.9 Å². The summed E-state index contributed by atoms with van der Waals surface area (Å²) in [4.78, 5) is 6.30. The summed E-state index contributed by atoms with van der Waals surface area (Å²) in [5, 5.41) is 4.06. The molecule has 4 rings (SSSR count). The number of fused-ring (bicyclic) bond motifs is 1. The Morgan fingerprint density at radius 2 is 2.42 bits per heavy atom. The van der Waals surface area contributed by atoms with Crippen LogP contribution in [0.2, 0.25) is 0 Å². The third-order valence-corrected chi connectivity index (χ3v) is 4.88. The molecule has 2 aromatic rings. The Balaban J connectivity index is 1.44. The van der Waals surface area contributed by atoms with Crippen molar-refractivity contribution in [2.45, 2.75) is 13.5 Å². The van der Waals surface area contributed by atoms with Crippen molar-refractivity contribution in [1.29, 1.82) is 0 Å². The molecule has 0 bridgehead atoms. The molecule has 2 saturated heterocycles. The van der Waals surface area contributed by atoms with Gasteiger partial charge in [0.1, 0.15) is 5.76 Å². The van der Waals surface area contributed by atoms with E-state index >= 15 is 0 Å². The van der Waals surface area contributed by atoms with Crippen LogP contribution < -0.4 is 4.74 Å². The largest absolute Gasteiger partial charge is 0.475 e. The molecule has 4 heterocycles. The number of nitrogens with zero attached hydrogens (tertiary/aromatic N) is 3. The van der Waals surface area contributed by atoms with Gasteiger partial charge in [0.2, 0.25) is 5.88 Å². The number of aromatic nitrogens is 2. The van der Waals surface area contributed by atoms with E-state index in [-0.39, 0.29) is 11.3 Å². The molecule has 2 atom stereocenters. The van der Waals surface area contributed by atoms with E-state index in [1.807, 2.05) is 13.0 Å². The SMILES string of the molecule is Cc1cc(CN2C[C@@H]3COC[C@]3(COc3ncccc3F)C2)no1. The van der Waals surface area contributed by atoms with Gasteiger partial charge >= 0.3 is 0 Å². The van der Waals surface area contributed by atoms with Crippen LogP contribution in [0.25, 0.3) is 0 Å². The third kappa shape index (κ3) is 2.89. The average molecular weight is 333 g/mol. The number of hydrogen-bond acceptors (Lipinski definition) is 6. The Labute approximate surface area is 139 Å². The van der Waals surface area contributed by atoms with E-state index in [1.165, 1.54) is 12.3 Å². The molecular formula is C17H20FN3O3. The van der Waals surface area contributed by atoms with Crippen molar-refractivity contribution in [3.63, 3.8) is 0 Å². The summed E-state index contributed by atoms with van der Waals surface area (Å²) in [6.07, 6.45) is 1.53. The summed E-state index contributed by atoms with van der Waals surface area (Å²) < 4.78 is 30.2. The topological polar surface area (TPSA) is 60.6 Å². The smallest absolute Gasteiger partial charge is 0.250 e. The molecule has 128 valence electrons. The molecule has 0 radical (unpaired) electrons. The summed E-state index contributed by atoms with van der Waals surface area (Å²) in [7, 11) is 0. The van der Waals surface area contributed by atoms with Crippen LogP contribution in [0.3, 0.4) is 0 Å². The van der Waals surface area contributed by atoms with Gasteiger partial charge in [0.05, 0.1) is 25.5 Å². The predicted octanol–water partition coefficient (Wildman–Crippen LogP) is 2.04. The standard InChI is InChI=1S/C17H20FN3O3/c1-12-5-14(20-24-12)7-21-6-13-8-22-10-17(13,9-21)11-23-16-15(18)3-2-4-19-16/h2-5,13H,6-11H2,1H3/t13-,17+/m1/s1. The quantitative estimate of drug-likeness (QED) is 0.834. The minimum Gasteiger partial charge on any atom is -0.475 e. The van der Waals surface area contributed by atoms with E-state index in [0.29, 0.717) is 25.7 Å². The molecule has 0 N–H and O–H groups in total. The number of rotatable bonds is 5. The fraction of sp³-hybridized carbons (Fsp3) is 0.529. The maximum atomic E-state index is 13.7. The Morgan fingerprint density at radius 1 is 1.50 bits per heavy atom. The third-order valence-electron chi connectivity index (χ3n) is 4.88. The second-order valence-electron chi connectivity index (χ2n) is 6.75.